The topological polar surface area (TPSA) is 66.5 Å². The first-order valence-electron chi connectivity index (χ1n) is 5.85. The predicted octanol–water partition coefficient (Wildman–Crippen LogP) is 0.199. The molecular formula is C13H14N2O3S. The first-order valence-corrected chi connectivity index (χ1v) is 7.29. The molecule has 0 bridgehead atoms. The molecule has 1 aliphatic heterocycles. The molecule has 2 rings (SSSR count). The highest BCUT2D eigenvalue weighted by atomic mass is 32.2. The van der Waals surface area contributed by atoms with Crippen LogP contribution in [0.3, 0.4) is 0 Å². The maximum atomic E-state index is 12.3. The lowest BCUT2D eigenvalue weighted by Gasteiger charge is -2.38. The minimum absolute atomic E-state index is 0.106. The quantitative estimate of drug-likeness (QED) is 0.800. The van der Waals surface area contributed by atoms with Crippen LogP contribution in [0.4, 0.5) is 0 Å². The van der Waals surface area contributed by atoms with Crippen LogP contribution in [0.5, 0.6) is 0 Å². The second-order valence-corrected chi connectivity index (χ2v) is 6.05. The highest BCUT2D eigenvalue weighted by Gasteiger charge is 2.42. The first kappa shape index (κ1) is 13.6. The van der Waals surface area contributed by atoms with E-state index in [0.29, 0.717) is 13.0 Å². The molecule has 1 aliphatic rings. The van der Waals surface area contributed by atoms with Crippen molar-refractivity contribution >= 4 is 15.9 Å². The highest BCUT2D eigenvalue weighted by molar-refractivity contribution is 7.89. The second-order valence-electron chi connectivity index (χ2n) is 4.16. The largest absolute Gasteiger partial charge is 0.344 e. The number of amides is 1. The fraction of sp³-hybridized carbons (Fsp3) is 0.308. The molecule has 1 N–H and O–H groups in total. The van der Waals surface area contributed by atoms with E-state index in [-0.39, 0.29) is 17.3 Å². The van der Waals surface area contributed by atoms with Gasteiger partial charge in [0.25, 0.3) is 0 Å². The van der Waals surface area contributed by atoms with Gasteiger partial charge in [-0.2, -0.15) is 4.31 Å². The van der Waals surface area contributed by atoms with Crippen LogP contribution >= 0.6 is 0 Å². The molecule has 0 saturated carbocycles. The number of nitrogens with zero attached hydrogens (tertiary/aromatic N) is 1. The second kappa shape index (κ2) is 5.43. The average Bonchev–Trinajstić information content (AvgIpc) is 2.35. The van der Waals surface area contributed by atoms with Gasteiger partial charge < -0.3 is 5.32 Å². The minimum Gasteiger partial charge on any atom is -0.344 e. The fourth-order valence-corrected chi connectivity index (χ4v) is 3.55. The molecule has 0 spiro atoms. The number of rotatable bonds is 4. The van der Waals surface area contributed by atoms with Crippen molar-refractivity contribution in [2.24, 2.45) is 0 Å². The molecule has 0 radical (unpaired) electrons. The fourth-order valence-electron chi connectivity index (χ4n) is 1.90. The number of nitrogens with one attached hydrogen (secondary N) is 1. The zero-order chi connectivity index (χ0) is 13.9. The minimum atomic E-state index is -3.60. The first-order chi connectivity index (χ1) is 9.07. The molecule has 5 nitrogen and oxygen atoms in total. The molecule has 6 heteroatoms. The smallest absolute Gasteiger partial charge is 0.243 e. The van der Waals surface area contributed by atoms with Crippen LogP contribution in [0.15, 0.2) is 35.2 Å². The van der Waals surface area contributed by atoms with Crippen LogP contribution in [0.1, 0.15) is 6.42 Å². The summed E-state index contributed by atoms with van der Waals surface area (Å²) in [5.41, 5.74) is 0. The molecule has 1 saturated heterocycles. The van der Waals surface area contributed by atoms with E-state index in [4.69, 9.17) is 6.42 Å². The summed E-state index contributed by atoms with van der Waals surface area (Å²) in [4.78, 5) is 12.0. The molecule has 1 fully saturated rings. The van der Waals surface area contributed by atoms with Crippen molar-refractivity contribution in [3.8, 4) is 12.3 Å². The maximum absolute atomic E-state index is 12.3. The van der Waals surface area contributed by atoms with Crippen molar-refractivity contribution in [1.29, 1.82) is 0 Å². The van der Waals surface area contributed by atoms with Crippen LogP contribution in [0.2, 0.25) is 0 Å². The van der Waals surface area contributed by atoms with Crippen molar-refractivity contribution in [2.75, 3.05) is 13.1 Å². The van der Waals surface area contributed by atoms with Gasteiger partial charge >= 0.3 is 0 Å². The Hall–Kier alpha value is -1.84. The Bertz CT molecular complexity index is 605. The van der Waals surface area contributed by atoms with Gasteiger partial charge in [-0.1, -0.05) is 24.1 Å². The third-order valence-corrected chi connectivity index (χ3v) is 4.91. The Morgan fingerprint density at radius 1 is 1.42 bits per heavy atom. The Labute approximate surface area is 112 Å². The van der Waals surface area contributed by atoms with Gasteiger partial charge in [-0.15, -0.1) is 6.42 Å². The summed E-state index contributed by atoms with van der Waals surface area (Å²) in [7, 11) is -3.60. The Morgan fingerprint density at radius 2 is 2.11 bits per heavy atom. The van der Waals surface area contributed by atoms with E-state index in [1.54, 1.807) is 18.2 Å². The van der Waals surface area contributed by atoms with Crippen LogP contribution < -0.4 is 5.32 Å². The zero-order valence-electron chi connectivity index (χ0n) is 10.2. The van der Waals surface area contributed by atoms with Gasteiger partial charge in [0.2, 0.25) is 15.9 Å². The molecule has 0 aliphatic carbocycles. The normalized spacial score (nSPS) is 19.2. The third-order valence-electron chi connectivity index (χ3n) is 2.99. The predicted molar refractivity (Wildman–Crippen MR) is 70.6 cm³/mol. The van der Waals surface area contributed by atoms with E-state index < -0.39 is 16.1 Å². The van der Waals surface area contributed by atoms with Gasteiger partial charge in [-0.05, 0) is 18.6 Å². The van der Waals surface area contributed by atoms with Crippen LogP contribution in [-0.4, -0.2) is 37.8 Å². The Balaban J connectivity index is 2.15. The number of hydrogen-bond acceptors (Lipinski definition) is 3. The van der Waals surface area contributed by atoms with Gasteiger partial charge in [-0.3, -0.25) is 4.79 Å². The van der Waals surface area contributed by atoms with Gasteiger partial charge in [0, 0.05) is 6.54 Å². The summed E-state index contributed by atoms with van der Waals surface area (Å²) in [6.45, 7) is 0.458. The van der Waals surface area contributed by atoms with E-state index in [9.17, 15) is 13.2 Å². The Kier molecular flexibility index (Phi) is 3.88. The molecule has 1 amide bonds. The molecule has 100 valence electrons. The molecule has 0 aromatic heterocycles. The van der Waals surface area contributed by atoms with Crippen molar-refractivity contribution in [1.82, 2.24) is 9.62 Å². The summed E-state index contributed by atoms with van der Waals surface area (Å²) in [6, 6.07) is 7.43. The van der Waals surface area contributed by atoms with Crippen LogP contribution in [-0.2, 0) is 14.8 Å². The van der Waals surface area contributed by atoms with E-state index in [1.165, 1.54) is 16.4 Å². The van der Waals surface area contributed by atoms with E-state index in [0.717, 1.165) is 0 Å². The molecule has 0 unspecified atom stereocenters. The third kappa shape index (κ3) is 2.62. The summed E-state index contributed by atoms with van der Waals surface area (Å²) in [5.74, 6) is 1.94. The molecule has 19 heavy (non-hydrogen) atoms. The molecule has 1 atom stereocenters. The summed E-state index contributed by atoms with van der Waals surface area (Å²) in [6.07, 6.45) is 5.57. The van der Waals surface area contributed by atoms with Gasteiger partial charge in [-0.25, -0.2) is 8.42 Å². The van der Waals surface area contributed by atoms with Gasteiger partial charge in [0.05, 0.1) is 11.4 Å². The zero-order valence-corrected chi connectivity index (χ0v) is 11.1. The molecular weight excluding hydrogens is 264 g/mol. The van der Waals surface area contributed by atoms with E-state index in [1.807, 2.05) is 0 Å². The number of benzene rings is 1. The maximum Gasteiger partial charge on any atom is 0.243 e. The standard InChI is InChI=1S/C13H14N2O3S/c1-2-9-14-13(16)12-8-10-15(12)19(17,18)11-6-4-3-5-7-11/h1,3-7,12H,8-10H2,(H,14,16)/t12-/m0/s1. The number of carbonyl (C=O) groups is 1. The molecule has 1 aromatic carbocycles. The van der Waals surface area contributed by atoms with E-state index in [2.05, 4.69) is 11.2 Å². The van der Waals surface area contributed by atoms with Crippen molar-refractivity contribution in [2.45, 2.75) is 17.4 Å². The number of terminal acetylenes is 1. The summed E-state index contributed by atoms with van der Waals surface area (Å²) < 4.78 is 25.8. The van der Waals surface area contributed by atoms with Gasteiger partial charge in [0.1, 0.15) is 6.04 Å². The van der Waals surface area contributed by atoms with Crippen LogP contribution in [0.25, 0.3) is 0 Å². The van der Waals surface area contributed by atoms with Crippen molar-refractivity contribution in [3.05, 3.63) is 30.3 Å². The lowest BCUT2D eigenvalue weighted by atomic mass is 10.1. The monoisotopic (exact) mass is 278 g/mol. The number of carbonyl (C=O) groups excluding carboxylic acids is 1. The average molecular weight is 278 g/mol. The SMILES string of the molecule is C#CCNC(=O)[C@@H]1CCN1S(=O)(=O)c1ccccc1. The summed E-state index contributed by atoms with van der Waals surface area (Å²) in [5, 5.41) is 2.51. The number of hydrogen-bond donors (Lipinski definition) is 1. The van der Waals surface area contributed by atoms with Crippen molar-refractivity contribution < 1.29 is 13.2 Å². The van der Waals surface area contributed by atoms with E-state index >= 15 is 0 Å². The van der Waals surface area contributed by atoms with Crippen molar-refractivity contribution in [3.63, 3.8) is 0 Å². The van der Waals surface area contributed by atoms with Gasteiger partial charge in [0.15, 0.2) is 0 Å². The summed E-state index contributed by atoms with van der Waals surface area (Å²) >= 11 is 0. The highest BCUT2D eigenvalue weighted by Crippen LogP contribution is 2.26. The lowest BCUT2D eigenvalue weighted by molar-refractivity contribution is -0.127. The van der Waals surface area contributed by atoms with Crippen LogP contribution in [0, 0.1) is 12.3 Å². The molecule has 1 aromatic rings. The number of sulfonamides is 1. The lowest BCUT2D eigenvalue weighted by Crippen LogP contribution is -2.58. The molecule has 1 heterocycles. The Morgan fingerprint density at radius 3 is 2.63 bits per heavy atom.